The number of ether oxygens (including phenoxy) is 2. The predicted molar refractivity (Wildman–Crippen MR) is 143 cm³/mol. The van der Waals surface area contributed by atoms with E-state index in [2.05, 4.69) is 30.7 Å². The molecular formula is C29H33FN6O3. The average Bonchev–Trinajstić information content (AvgIpc) is 3.59. The van der Waals surface area contributed by atoms with Crippen LogP contribution in [0.4, 0.5) is 10.2 Å². The summed E-state index contributed by atoms with van der Waals surface area (Å²) in [6.07, 6.45) is 10.4. The van der Waals surface area contributed by atoms with E-state index in [9.17, 15) is 9.18 Å². The summed E-state index contributed by atoms with van der Waals surface area (Å²) in [5.41, 5.74) is 4.19. The molecular weight excluding hydrogens is 499 g/mol. The Morgan fingerprint density at radius 3 is 2.77 bits per heavy atom. The summed E-state index contributed by atoms with van der Waals surface area (Å²) in [5.74, 6) is 0.875. The lowest BCUT2D eigenvalue weighted by Crippen LogP contribution is -2.58. The highest BCUT2D eigenvalue weighted by Crippen LogP contribution is 2.49. The number of carbonyl (C=O) groups is 1. The number of benzene rings is 1. The van der Waals surface area contributed by atoms with Crippen molar-refractivity contribution in [3.05, 3.63) is 59.3 Å². The molecule has 0 atom stereocenters. The Morgan fingerprint density at radius 1 is 1.18 bits per heavy atom. The van der Waals surface area contributed by atoms with Gasteiger partial charge in [0.15, 0.2) is 0 Å². The van der Waals surface area contributed by atoms with Crippen molar-refractivity contribution in [2.45, 2.75) is 50.7 Å². The van der Waals surface area contributed by atoms with Crippen molar-refractivity contribution in [2.24, 2.45) is 5.41 Å². The number of carbonyl (C=O) groups excluding carboxylic acids is 1. The van der Waals surface area contributed by atoms with Crippen molar-refractivity contribution in [3.8, 4) is 16.9 Å². The van der Waals surface area contributed by atoms with Crippen molar-refractivity contribution in [2.75, 3.05) is 38.2 Å². The Bertz CT molecular complexity index is 1360. The van der Waals surface area contributed by atoms with Crippen LogP contribution < -0.4 is 15.4 Å². The van der Waals surface area contributed by atoms with Gasteiger partial charge < -0.3 is 20.1 Å². The number of piperidine rings is 1. The van der Waals surface area contributed by atoms with Gasteiger partial charge in [0.05, 0.1) is 32.1 Å². The minimum absolute atomic E-state index is 0.154. The Labute approximate surface area is 226 Å². The van der Waals surface area contributed by atoms with Gasteiger partial charge in [-0.05, 0) is 68.0 Å². The van der Waals surface area contributed by atoms with E-state index in [1.165, 1.54) is 25.0 Å². The van der Waals surface area contributed by atoms with Gasteiger partial charge in [0.25, 0.3) is 5.91 Å². The number of hydrogen-bond donors (Lipinski definition) is 3. The van der Waals surface area contributed by atoms with Crippen LogP contribution in [0.5, 0.6) is 5.75 Å². The van der Waals surface area contributed by atoms with Crippen LogP contribution in [0, 0.1) is 11.2 Å². The zero-order valence-electron chi connectivity index (χ0n) is 21.8. The molecule has 3 fully saturated rings. The van der Waals surface area contributed by atoms with Crippen LogP contribution in [0.3, 0.4) is 0 Å². The highest BCUT2D eigenvalue weighted by atomic mass is 19.1. The Balaban J connectivity index is 0.967. The van der Waals surface area contributed by atoms with Gasteiger partial charge in [-0.1, -0.05) is 0 Å². The molecule has 1 aromatic carbocycles. The summed E-state index contributed by atoms with van der Waals surface area (Å²) in [7, 11) is 0. The molecule has 4 aliphatic rings. The molecule has 10 heteroatoms. The first kappa shape index (κ1) is 24.5. The zero-order valence-corrected chi connectivity index (χ0v) is 21.8. The minimum atomic E-state index is -0.422. The highest BCUT2D eigenvalue weighted by Gasteiger charge is 2.47. The number of fused-ring (bicyclic) bond motifs is 1. The molecule has 0 unspecified atom stereocenters. The van der Waals surface area contributed by atoms with Crippen LogP contribution in [0.1, 0.15) is 47.2 Å². The number of rotatable bonds is 7. The average molecular weight is 533 g/mol. The molecule has 0 radical (unpaired) electrons. The lowest BCUT2D eigenvalue weighted by Gasteiger charge is -2.54. The summed E-state index contributed by atoms with van der Waals surface area (Å²) >= 11 is 0. The second kappa shape index (κ2) is 9.91. The normalized spacial score (nSPS) is 20.6. The molecule has 3 aromatic rings. The fourth-order valence-corrected chi connectivity index (χ4v) is 6.58. The fourth-order valence-electron chi connectivity index (χ4n) is 6.58. The molecule has 3 aliphatic heterocycles. The Morgan fingerprint density at radius 2 is 2.03 bits per heavy atom. The molecule has 2 aromatic heterocycles. The first-order valence-corrected chi connectivity index (χ1v) is 13.9. The van der Waals surface area contributed by atoms with E-state index in [4.69, 9.17) is 9.47 Å². The fraction of sp³-hybridized carbons (Fsp3) is 0.483. The third kappa shape index (κ3) is 4.76. The maximum atomic E-state index is 14.5. The molecule has 1 saturated carbocycles. The number of anilines is 1. The van der Waals surface area contributed by atoms with Gasteiger partial charge in [-0.2, -0.15) is 5.10 Å². The van der Waals surface area contributed by atoms with Gasteiger partial charge in [-0.15, -0.1) is 0 Å². The third-order valence-corrected chi connectivity index (χ3v) is 8.90. The number of aromatic nitrogens is 3. The molecule has 2 saturated heterocycles. The van der Waals surface area contributed by atoms with Crippen molar-refractivity contribution in [3.63, 3.8) is 0 Å². The quantitative estimate of drug-likeness (QED) is 0.428. The Hall–Kier alpha value is -3.50. The number of amides is 1. The summed E-state index contributed by atoms with van der Waals surface area (Å²) in [4.78, 5) is 20.2. The van der Waals surface area contributed by atoms with Crippen LogP contribution in [0.2, 0.25) is 0 Å². The second-order valence-corrected chi connectivity index (χ2v) is 11.4. The topological polar surface area (TPSA) is 104 Å². The van der Waals surface area contributed by atoms with Gasteiger partial charge >= 0.3 is 0 Å². The highest BCUT2D eigenvalue weighted by molar-refractivity contribution is 5.94. The number of hydrogen-bond acceptors (Lipinski definition) is 7. The van der Waals surface area contributed by atoms with Crippen LogP contribution in [0.25, 0.3) is 11.1 Å². The van der Waals surface area contributed by atoms with Crippen molar-refractivity contribution in [1.29, 1.82) is 0 Å². The summed E-state index contributed by atoms with van der Waals surface area (Å²) < 4.78 is 25.8. The molecule has 3 N–H and O–H groups in total. The van der Waals surface area contributed by atoms with Crippen LogP contribution in [0.15, 0.2) is 36.8 Å². The first-order chi connectivity index (χ1) is 19.1. The lowest BCUT2D eigenvalue weighted by molar-refractivity contribution is -0.0932. The van der Waals surface area contributed by atoms with Crippen molar-refractivity contribution in [1.82, 2.24) is 25.4 Å². The number of aromatic amines is 1. The largest absolute Gasteiger partial charge is 0.492 e. The SMILES string of the molecule is O=C(NC1CC2(CCN(C3COC3)CC2)C1)c1cc(F)cc(CNc2ncc(-c3cn[nH]c3)c3c2CCO3)c1. The second-order valence-electron chi connectivity index (χ2n) is 11.4. The number of pyridine rings is 1. The number of halogens is 1. The molecule has 1 amide bonds. The molecule has 204 valence electrons. The van der Waals surface area contributed by atoms with E-state index in [-0.39, 0.29) is 11.9 Å². The van der Waals surface area contributed by atoms with E-state index in [1.54, 1.807) is 18.5 Å². The number of nitrogens with zero attached hydrogens (tertiary/aromatic N) is 3. The van der Waals surface area contributed by atoms with Gasteiger partial charge in [0, 0.05) is 53.7 Å². The monoisotopic (exact) mass is 532 g/mol. The van der Waals surface area contributed by atoms with Crippen molar-refractivity contribution >= 4 is 11.7 Å². The number of likely N-dealkylation sites (tertiary alicyclic amines) is 1. The maximum Gasteiger partial charge on any atom is 0.251 e. The molecule has 1 spiro atoms. The van der Waals surface area contributed by atoms with E-state index in [1.807, 2.05) is 6.20 Å². The standard InChI is InChI=1S/C29H33FN6O3/c30-21-8-18(12-31-27-24-1-6-39-26(24)25(15-32-27)20-13-33-34-14-20)7-19(9-21)28(37)35-22-10-29(11-22)2-4-36(5-3-29)23-16-38-17-23/h7-9,13-15,22-23H,1-6,10-12,16-17H2,(H,31,32)(H,33,34)(H,35,37). The van der Waals surface area contributed by atoms with Gasteiger partial charge in [0.2, 0.25) is 0 Å². The Kier molecular flexibility index (Phi) is 6.24. The predicted octanol–water partition coefficient (Wildman–Crippen LogP) is 3.53. The zero-order chi connectivity index (χ0) is 26.4. The van der Waals surface area contributed by atoms with Crippen LogP contribution >= 0.6 is 0 Å². The molecule has 9 nitrogen and oxygen atoms in total. The van der Waals surface area contributed by atoms with E-state index >= 15 is 0 Å². The van der Waals surface area contributed by atoms with Crippen molar-refractivity contribution < 1.29 is 18.7 Å². The summed E-state index contributed by atoms with van der Waals surface area (Å²) in [6.45, 7) is 4.89. The van der Waals surface area contributed by atoms with E-state index in [0.717, 1.165) is 68.0 Å². The summed E-state index contributed by atoms with van der Waals surface area (Å²) in [5, 5.41) is 13.3. The molecule has 5 heterocycles. The third-order valence-electron chi connectivity index (χ3n) is 8.90. The maximum absolute atomic E-state index is 14.5. The molecule has 0 bridgehead atoms. The summed E-state index contributed by atoms with van der Waals surface area (Å²) in [6, 6.07) is 5.29. The minimum Gasteiger partial charge on any atom is -0.492 e. The number of H-pyrrole nitrogens is 1. The molecule has 39 heavy (non-hydrogen) atoms. The molecule has 1 aliphatic carbocycles. The number of nitrogens with one attached hydrogen (secondary N) is 3. The van der Waals surface area contributed by atoms with Crippen LogP contribution in [-0.2, 0) is 17.7 Å². The lowest BCUT2D eigenvalue weighted by atomic mass is 9.60. The smallest absolute Gasteiger partial charge is 0.251 e. The first-order valence-electron chi connectivity index (χ1n) is 13.9. The van der Waals surface area contributed by atoms with E-state index in [0.29, 0.717) is 41.6 Å². The molecule has 7 rings (SSSR count). The van der Waals surface area contributed by atoms with Gasteiger partial charge in [0.1, 0.15) is 17.4 Å². The van der Waals surface area contributed by atoms with Gasteiger partial charge in [-0.25, -0.2) is 9.37 Å². The van der Waals surface area contributed by atoms with E-state index < -0.39 is 5.82 Å². The van der Waals surface area contributed by atoms with Crippen LogP contribution in [-0.4, -0.2) is 71.0 Å². The van der Waals surface area contributed by atoms with Gasteiger partial charge in [-0.3, -0.25) is 14.8 Å².